The van der Waals surface area contributed by atoms with Crippen molar-refractivity contribution in [1.29, 1.82) is 0 Å². The number of ether oxygens (including phenoxy) is 1. The van der Waals surface area contributed by atoms with Crippen LogP contribution in [0.3, 0.4) is 0 Å². The van der Waals surface area contributed by atoms with E-state index < -0.39 is 0 Å². The van der Waals surface area contributed by atoms with E-state index >= 15 is 0 Å². The molecule has 1 unspecified atom stereocenters. The van der Waals surface area contributed by atoms with Gasteiger partial charge in [-0.25, -0.2) is 0 Å². The zero-order chi connectivity index (χ0) is 16.6. The van der Waals surface area contributed by atoms with Crippen LogP contribution in [0.5, 0.6) is 5.75 Å². The van der Waals surface area contributed by atoms with Crippen LogP contribution in [0.25, 0.3) is 0 Å². The summed E-state index contributed by atoms with van der Waals surface area (Å²) >= 11 is 0. The molecule has 3 nitrogen and oxygen atoms in total. The first kappa shape index (κ1) is 19.0. The van der Waals surface area contributed by atoms with Crippen molar-refractivity contribution >= 4 is 0 Å². The summed E-state index contributed by atoms with van der Waals surface area (Å²) in [6, 6.07) is 8.48. The summed E-state index contributed by atoms with van der Waals surface area (Å²) in [5.74, 6) is 0.950. The van der Waals surface area contributed by atoms with Gasteiger partial charge in [0.05, 0.1) is 0 Å². The minimum atomic E-state index is 0.178. The van der Waals surface area contributed by atoms with Crippen molar-refractivity contribution in [2.45, 2.75) is 53.1 Å². The van der Waals surface area contributed by atoms with Crippen LogP contribution in [0.2, 0.25) is 0 Å². The Morgan fingerprint density at radius 2 is 1.68 bits per heavy atom. The summed E-state index contributed by atoms with van der Waals surface area (Å²) in [6.07, 6.45) is 0.178. The minimum absolute atomic E-state index is 0.178. The molecular weight excluding hydrogens is 272 g/mol. The lowest BCUT2D eigenvalue weighted by atomic mass is 9.87. The Balaban J connectivity index is 2.31. The van der Waals surface area contributed by atoms with Crippen LogP contribution in [0.4, 0.5) is 0 Å². The molecule has 0 aromatic heterocycles. The lowest BCUT2D eigenvalue weighted by Crippen LogP contribution is -2.36. The zero-order valence-corrected chi connectivity index (χ0v) is 15.3. The molecule has 126 valence electrons. The lowest BCUT2D eigenvalue weighted by molar-refractivity contribution is 0.213. The standard InChI is InChI=1S/C19H34N2O/c1-7-21(8-2)14-13-20-15-16(3)22-18-11-9-17(10-12-18)19(4,5)6/h9-12,16,20H,7-8,13-15H2,1-6H3. The molecule has 0 radical (unpaired) electrons. The molecule has 1 N–H and O–H groups in total. The Labute approximate surface area is 137 Å². The molecule has 1 aromatic rings. The van der Waals surface area contributed by atoms with E-state index in [1.807, 2.05) is 0 Å². The van der Waals surface area contributed by atoms with Crippen LogP contribution in [0.15, 0.2) is 24.3 Å². The van der Waals surface area contributed by atoms with Gasteiger partial charge >= 0.3 is 0 Å². The van der Waals surface area contributed by atoms with E-state index in [1.54, 1.807) is 0 Å². The van der Waals surface area contributed by atoms with Gasteiger partial charge in [-0.05, 0) is 43.1 Å². The SMILES string of the molecule is CCN(CC)CCNCC(C)Oc1ccc(C(C)(C)C)cc1. The normalized spacial score (nSPS) is 13.4. The third-order valence-corrected chi connectivity index (χ3v) is 3.99. The van der Waals surface area contributed by atoms with E-state index in [2.05, 4.69) is 76.0 Å². The van der Waals surface area contributed by atoms with Crippen LogP contribution in [-0.2, 0) is 5.41 Å². The third-order valence-electron chi connectivity index (χ3n) is 3.99. The molecule has 1 atom stereocenters. The molecule has 0 bridgehead atoms. The van der Waals surface area contributed by atoms with Crippen molar-refractivity contribution in [2.24, 2.45) is 0 Å². The van der Waals surface area contributed by atoms with E-state index in [1.165, 1.54) is 5.56 Å². The van der Waals surface area contributed by atoms with Gasteiger partial charge in [-0.1, -0.05) is 46.8 Å². The number of rotatable bonds is 9. The second-order valence-corrected chi connectivity index (χ2v) is 6.93. The highest BCUT2D eigenvalue weighted by molar-refractivity contribution is 5.31. The highest BCUT2D eigenvalue weighted by Crippen LogP contribution is 2.24. The second-order valence-electron chi connectivity index (χ2n) is 6.93. The first-order valence-corrected chi connectivity index (χ1v) is 8.57. The Kier molecular flexibility index (Phi) is 7.91. The quantitative estimate of drug-likeness (QED) is 0.704. The highest BCUT2D eigenvalue weighted by Gasteiger charge is 2.13. The molecule has 0 saturated heterocycles. The largest absolute Gasteiger partial charge is 0.489 e. The van der Waals surface area contributed by atoms with Gasteiger partial charge < -0.3 is 15.0 Å². The summed E-state index contributed by atoms with van der Waals surface area (Å²) in [7, 11) is 0. The molecule has 0 saturated carbocycles. The molecule has 0 aliphatic carbocycles. The van der Waals surface area contributed by atoms with E-state index in [-0.39, 0.29) is 11.5 Å². The molecule has 0 aliphatic rings. The number of nitrogens with one attached hydrogen (secondary N) is 1. The molecule has 0 heterocycles. The van der Waals surface area contributed by atoms with Gasteiger partial charge in [-0.15, -0.1) is 0 Å². The van der Waals surface area contributed by atoms with Gasteiger partial charge in [-0.3, -0.25) is 0 Å². The van der Waals surface area contributed by atoms with Crippen LogP contribution in [-0.4, -0.2) is 43.7 Å². The summed E-state index contributed by atoms with van der Waals surface area (Å²) in [6.45, 7) is 18.4. The minimum Gasteiger partial charge on any atom is -0.489 e. The maximum atomic E-state index is 5.97. The topological polar surface area (TPSA) is 24.5 Å². The number of nitrogens with zero attached hydrogens (tertiary/aromatic N) is 1. The Bertz CT molecular complexity index is 404. The zero-order valence-electron chi connectivity index (χ0n) is 15.3. The van der Waals surface area contributed by atoms with Crippen molar-refractivity contribution < 1.29 is 4.74 Å². The van der Waals surface area contributed by atoms with Crippen LogP contribution < -0.4 is 10.1 Å². The first-order valence-electron chi connectivity index (χ1n) is 8.57. The van der Waals surface area contributed by atoms with Crippen LogP contribution in [0.1, 0.15) is 47.1 Å². The first-order chi connectivity index (χ1) is 10.4. The average molecular weight is 306 g/mol. The Morgan fingerprint density at radius 1 is 1.09 bits per heavy atom. The fourth-order valence-corrected chi connectivity index (χ4v) is 2.39. The predicted molar refractivity (Wildman–Crippen MR) is 95.9 cm³/mol. The number of likely N-dealkylation sites (N-methyl/N-ethyl adjacent to an activating group) is 1. The van der Waals surface area contributed by atoms with Crippen molar-refractivity contribution in [3.63, 3.8) is 0 Å². The smallest absolute Gasteiger partial charge is 0.119 e. The van der Waals surface area contributed by atoms with Gasteiger partial charge in [0.15, 0.2) is 0 Å². The molecule has 1 aromatic carbocycles. The average Bonchev–Trinajstić information content (AvgIpc) is 2.47. The second kappa shape index (κ2) is 9.16. The van der Waals surface area contributed by atoms with Gasteiger partial charge in [0.2, 0.25) is 0 Å². The van der Waals surface area contributed by atoms with Crippen molar-refractivity contribution in [3.05, 3.63) is 29.8 Å². The fraction of sp³-hybridized carbons (Fsp3) is 0.684. The van der Waals surface area contributed by atoms with Crippen molar-refractivity contribution in [2.75, 3.05) is 32.7 Å². The summed E-state index contributed by atoms with van der Waals surface area (Å²) in [4.78, 5) is 2.42. The molecule has 3 heteroatoms. The van der Waals surface area contributed by atoms with E-state index in [4.69, 9.17) is 4.74 Å². The Morgan fingerprint density at radius 3 is 2.18 bits per heavy atom. The fourth-order valence-electron chi connectivity index (χ4n) is 2.39. The number of hydrogen-bond acceptors (Lipinski definition) is 3. The van der Waals surface area contributed by atoms with Crippen molar-refractivity contribution in [3.8, 4) is 5.75 Å². The van der Waals surface area contributed by atoms with E-state index in [0.29, 0.717) is 0 Å². The van der Waals surface area contributed by atoms with E-state index in [0.717, 1.165) is 38.5 Å². The van der Waals surface area contributed by atoms with Crippen LogP contribution in [0, 0.1) is 0 Å². The van der Waals surface area contributed by atoms with Gasteiger partial charge in [0, 0.05) is 19.6 Å². The maximum Gasteiger partial charge on any atom is 0.119 e. The monoisotopic (exact) mass is 306 g/mol. The molecule has 0 fully saturated rings. The summed E-state index contributed by atoms with van der Waals surface area (Å²) in [5.41, 5.74) is 1.53. The predicted octanol–water partition coefficient (Wildman–Crippen LogP) is 3.68. The summed E-state index contributed by atoms with van der Waals surface area (Å²) < 4.78 is 5.97. The Hall–Kier alpha value is -1.06. The van der Waals surface area contributed by atoms with E-state index in [9.17, 15) is 0 Å². The molecule has 0 spiro atoms. The molecule has 0 aliphatic heterocycles. The number of benzene rings is 1. The van der Waals surface area contributed by atoms with Gasteiger partial charge in [0.1, 0.15) is 11.9 Å². The molecule has 0 amide bonds. The molecule has 22 heavy (non-hydrogen) atoms. The lowest BCUT2D eigenvalue weighted by Gasteiger charge is -2.21. The maximum absolute atomic E-state index is 5.97. The summed E-state index contributed by atoms with van der Waals surface area (Å²) in [5, 5.41) is 3.47. The highest BCUT2D eigenvalue weighted by atomic mass is 16.5. The molecule has 1 rings (SSSR count). The van der Waals surface area contributed by atoms with Crippen molar-refractivity contribution in [1.82, 2.24) is 10.2 Å². The van der Waals surface area contributed by atoms with Gasteiger partial charge in [-0.2, -0.15) is 0 Å². The van der Waals surface area contributed by atoms with Crippen LogP contribution >= 0.6 is 0 Å². The third kappa shape index (κ3) is 6.80. The van der Waals surface area contributed by atoms with Gasteiger partial charge in [0.25, 0.3) is 0 Å². The number of hydrogen-bond donors (Lipinski definition) is 1. The molecular formula is C19H34N2O.